The van der Waals surface area contributed by atoms with Crippen LogP contribution in [0.2, 0.25) is 0 Å². The second-order valence-electron chi connectivity index (χ2n) is 6.86. The summed E-state index contributed by atoms with van der Waals surface area (Å²) in [4.78, 5) is 4.81. The molecule has 1 heterocycles. The zero-order valence-electron chi connectivity index (χ0n) is 14.2. The molecule has 0 aromatic carbocycles. The van der Waals surface area contributed by atoms with Crippen LogP contribution in [-0.2, 0) is 4.74 Å². The third kappa shape index (κ3) is 6.27. The van der Waals surface area contributed by atoms with Gasteiger partial charge in [-0.25, -0.2) is 0 Å². The van der Waals surface area contributed by atoms with Gasteiger partial charge in [0.25, 0.3) is 0 Å². The monoisotopic (exact) mass is 282 g/mol. The zero-order chi connectivity index (χ0) is 15.1. The number of rotatable bonds is 8. The van der Waals surface area contributed by atoms with Crippen LogP contribution in [0.5, 0.6) is 0 Å². The van der Waals surface area contributed by atoms with Gasteiger partial charge < -0.3 is 9.64 Å². The molecule has 1 fully saturated rings. The summed E-state index contributed by atoms with van der Waals surface area (Å²) >= 11 is 0. The van der Waals surface area contributed by atoms with Crippen LogP contribution in [0.15, 0.2) is 12.3 Å². The summed E-state index contributed by atoms with van der Waals surface area (Å²) in [5.74, 6) is 1.32. The number of likely N-dealkylation sites (N-methyl/N-ethyl adjacent to an activating group) is 1. The van der Waals surface area contributed by atoms with E-state index in [1.165, 1.54) is 25.1 Å². The Labute approximate surface area is 126 Å². The molecule has 118 valence electrons. The normalized spacial score (nSPS) is 20.6. The van der Waals surface area contributed by atoms with Crippen molar-refractivity contribution in [2.75, 3.05) is 39.8 Å². The highest BCUT2D eigenvalue weighted by Gasteiger charge is 2.22. The molecule has 3 nitrogen and oxygen atoms in total. The minimum absolute atomic E-state index is 0.322. The average Bonchev–Trinajstić information content (AvgIpc) is 2.37. The maximum absolute atomic E-state index is 5.91. The molecule has 1 atom stereocenters. The van der Waals surface area contributed by atoms with Crippen molar-refractivity contribution in [2.45, 2.75) is 46.6 Å². The van der Waals surface area contributed by atoms with Crippen LogP contribution < -0.4 is 0 Å². The zero-order valence-corrected chi connectivity index (χ0v) is 14.2. The second-order valence-corrected chi connectivity index (χ2v) is 6.86. The number of allylic oxidation sites excluding steroid dienone is 1. The first-order valence-electron chi connectivity index (χ1n) is 8.14. The molecule has 0 aromatic heterocycles. The molecule has 1 aliphatic heterocycles. The Morgan fingerprint density at radius 3 is 2.65 bits per heavy atom. The van der Waals surface area contributed by atoms with Gasteiger partial charge in [-0.2, -0.15) is 0 Å². The lowest BCUT2D eigenvalue weighted by atomic mass is 10.1. The molecular weight excluding hydrogens is 248 g/mol. The van der Waals surface area contributed by atoms with Gasteiger partial charge in [-0.15, -0.1) is 0 Å². The smallest absolute Gasteiger partial charge is 0.0876 e. The first-order valence-corrected chi connectivity index (χ1v) is 8.14. The van der Waals surface area contributed by atoms with Crippen LogP contribution in [0.25, 0.3) is 0 Å². The van der Waals surface area contributed by atoms with Crippen molar-refractivity contribution in [1.29, 1.82) is 0 Å². The number of nitrogens with zero attached hydrogens (tertiary/aromatic N) is 2. The van der Waals surface area contributed by atoms with Crippen molar-refractivity contribution in [3.05, 3.63) is 12.3 Å². The van der Waals surface area contributed by atoms with Crippen molar-refractivity contribution < 1.29 is 4.74 Å². The molecule has 0 aliphatic carbocycles. The average molecular weight is 282 g/mol. The third-order valence-corrected chi connectivity index (χ3v) is 4.11. The van der Waals surface area contributed by atoms with Crippen LogP contribution in [0, 0.1) is 11.8 Å². The SMILES string of the molecule is C=C(C(C)C)N(C)CC1CN(CCCC(C)C)CCO1. The lowest BCUT2D eigenvalue weighted by Crippen LogP contribution is -2.47. The number of hydrogen-bond donors (Lipinski definition) is 0. The molecule has 1 aliphatic rings. The van der Waals surface area contributed by atoms with Gasteiger partial charge in [0.15, 0.2) is 0 Å². The molecule has 0 saturated carbocycles. The van der Waals surface area contributed by atoms with Gasteiger partial charge in [0, 0.05) is 32.4 Å². The summed E-state index contributed by atoms with van der Waals surface area (Å²) in [6.07, 6.45) is 2.95. The number of ether oxygens (including phenoxy) is 1. The molecule has 1 saturated heterocycles. The molecule has 0 bridgehead atoms. The second kappa shape index (κ2) is 8.68. The van der Waals surface area contributed by atoms with Crippen LogP contribution >= 0.6 is 0 Å². The molecule has 1 rings (SSSR count). The molecule has 0 radical (unpaired) electrons. The predicted octanol–water partition coefficient (Wildman–Crippen LogP) is 3.22. The first kappa shape index (κ1) is 17.5. The van der Waals surface area contributed by atoms with E-state index >= 15 is 0 Å². The van der Waals surface area contributed by atoms with Crippen molar-refractivity contribution >= 4 is 0 Å². The van der Waals surface area contributed by atoms with E-state index in [0.29, 0.717) is 12.0 Å². The van der Waals surface area contributed by atoms with E-state index in [-0.39, 0.29) is 0 Å². The topological polar surface area (TPSA) is 15.7 Å². The fourth-order valence-corrected chi connectivity index (χ4v) is 2.68. The molecule has 0 N–H and O–H groups in total. The summed E-state index contributed by atoms with van der Waals surface area (Å²) in [5, 5.41) is 0. The van der Waals surface area contributed by atoms with Gasteiger partial charge >= 0.3 is 0 Å². The Morgan fingerprint density at radius 1 is 1.35 bits per heavy atom. The standard InChI is InChI=1S/C17H34N2O/c1-14(2)8-7-9-19-10-11-20-17(13-19)12-18(6)16(5)15(3)4/h14-15,17H,5,7-13H2,1-4,6H3. The van der Waals surface area contributed by atoms with Crippen LogP contribution in [0.3, 0.4) is 0 Å². The lowest BCUT2D eigenvalue weighted by molar-refractivity contribution is -0.0383. The van der Waals surface area contributed by atoms with Crippen molar-refractivity contribution in [2.24, 2.45) is 11.8 Å². The Bertz CT molecular complexity index is 289. The van der Waals surface area contributed by atoms with E-state index < -0.39 is 0 Å². The molecule has 1 unspecified atom stereocenters. The van der Waals surface area contributed by atoms with E-state index in [1.807, 2.05) is 0 Å². The fraction of sp³-hybridized carbons (Fsp3) is 0.882. The molecular formula is C17H34N2O. The van der Waals surface area contributed by atoms with E-state index in [4.69, 9.17) is 4.74 Å². The molecule has 0 spiro atoms. The van der Waals surface area contributed by atoms with E-state index in [9.17, 15) is 0 Å². The van der Waals surface area contributed by atoms with Gasteiger partial charge in [-0.1, -0.05) is 34.3 Å². The Kier molecular flexibility index (Phi) is 7.60. The first-order chi connectivity index (χ1) is 9.40. The summed E-state index contributed by atoms with van der Waals surface area (Å²) in [7, 11) is 2.13. The highest BCUT2D eigenvalue weighted by Crippen LogP contribution is 2.15. The third-order valence-electron chi connectivity index (χ3n) is 4.11. The van der Waals surface area contributed by atoms with Crippen LogP contribution in [0.4, 0.5) is 0 Å². The Hall–Kier alpha value is -0.540. The fourth-order valence-electron chi connectivity index (χ4n) is 2.68. The molecule has 0 aromatic rings. The lowest BCUT2D eigenvalue weighted by Gasteiger charge is -2.36. The maximum atomic E-state index is 5.91. The van der Waals surface area contributed by atoms with Crippen LogP contribution in [-0.4, -0.2) is 55.7 Å². The number of hydrogen-bond acceptors (Lipinski definition) is 3. The Balaban J connectivity index is 2.31. The minimum Gasteiger partial charge on any atom is -0.375 e. The van der Waals surface area contributed by atoms with Gasteiger partial charge in [-0.3, -0.25) is 4.90 Å². The van der Waals surface area contributed by atoms with Crippen molar-refractivity contribution in [3.8, 4) is 0 Å². The van der Waals surface area contributed by atoms with Gasteiger partial charge in [0.1, 0.15) is 0 Å². The van der Waals surface area contributed by atoms with Crippen molar-refractivity contribution in [3.63, 3.8) is 0 Å². The largest absolute Gasteiger partial charge is 0.375 e. The summed E-state index contributed by atoms with van der Waals surface area (Å²) in [6, 6.07) is 0. The highest BCUT2D eigenvalue weighted by molar-refractivity contribution is 4.96. The Morgan fingerprint density at radius 2 is 2.05 bits per heavy atom. The van der Waals surface area contributed by atoms with Gasteiger partial charge in [-0.05, 0) is 31.2 Å². The quantitative estimate of drug-likeness (QED) is 0.680. The van der Waals surface area contributed by atoms with Crippen molar-refractivity contribution in [1.82, 2.24) is 9.80 Å². The van der Waals surface area contributed by atoms with Crippen LogP contribution in [0.1, 0.15) is 40.5 Å². The van der Waals surface area contributed by atoms with Gasteiger partial charge in [0.05, 0.1) is 12.7 Å². The maximum Gasteiger partial charge on any atom is 0.0876 e. The summed E-state index contributed by atoms with van der Waals surface area (Å²) < 4.78 is 5.91. The molecule has 20 heavy (non-hydrogen) atoms. The molecule has 3 heteroatoms. The molecule has 0 amide bonds. The van der Waals surface area contributed by atoms with E-state index in [2.05, 4.69) is 51.1 Å². The predicted molar refractivity (Wildman–Crippen MR) is 86.9 cm³/mol. The number of morpholine rings is 1. The van der Waals surface area contributed by atoms with E-state index in [1.54, 1.807) is 0 Å². The van der Waals surface area contributed by atoms with E-state index in [0.717, 1.165) is 32.2 Å². The highest BCUT2D eigenvalue weighted by atomic mass is 16.5. The minimum atomic E-state index is 0.322. The van der Waals surface area contributed by atoms with Gasteiger partial charge in [0.2, 0.25) is 0 Å². The summed E-state index contributed by atoms with van der Waals surface area (Å²) in [5.41, 5.74) is 1.20. The summed E-state index contributed by atoms with van der Waals surface area (Å²) in [6.45, 7) is 18.3.